The monoisotopic (exact) mass is 287 g/mol. The standard InChI is InChI=1S/C14H17N5O2/c1-9-3-10(5-11(15)4-9)14(21)18-12-6-17-19(7-12)8-13(20)16-2/h3-7H,8,15H2,1-2H3,(H,16,20)(H,18,21). The molecule has 0 saturated carbocycles. The lowest BCUT2D eigenvalue weighted by Gasteiger charge is -2.05. The van der Waals surface area contributed by atoms with E-state index in [9.17, 15) is 9.59 Å². The van der Waals surface area contributed by atoms with E-state index in [1.165, 1.54) is 10.9 Å². The van der Waals surface area contributed by atoms with Crippen LogP contribution in [0.15, 0.2) is 30.6 Å². The third kappa shape index (κ3) is 3.82. The SMILES string of the molecule is CNC(=O)Cn1cc(NC(=O)c2cc(C)cc(N)c2)cn1. The van der Waals surface area contributed by atoms with E-state index >= 15 is 0 Å². The van der Waals surface area contributed by atoms with Crippen molar-refractivity contribution in [1.29, 1.82) is 0 Å². The molecule has 2 aromatic rings. The molecule has 2 amide bonds. The number of benzene rings is 1. The van der Waals surface area contributed by atoms with Crippen LogP contribution < -0.4 is 16.4 Å². The number of amides is 2. The van der Waals surface area contributed by atoms with Crippen LogP contribution in [0.5, 0.6) is 0 Å². The van der Waals surface area contributed by atoms with E-state index in [2.05, 4.69) is 15.7 Å². The van der Waals surface area contributed by atoms with Crippen molar-refractivity contribution in [2.24, 2.45) is 0 Å². The number of nitrogens with two attached hydrogens (primary N) is 1. The van der Waals surface area contributed by atoms with Crippen molar-refractivity contribution in [1.82, 2.24) is 15.1 Å². The Morgan fingerprint density at radius 3 is 2.76 bits per heavy atom. The van der Waals surface area contributed by atoms with Crippen molar-refractivity contribution in [2.45, 2.75) is 13.5 Å². The number of anilines is 2. The summed E-state index contributed by atoms with van der Waals surface area (Å²) in [5.74, 6) is -0.438. The third-order valence-corrected chi connectivity index (χ3v) is 2.84. The number of carbonyl (C=O) groups excluding carboxylic acids is 2. The molecule has 110 valence electrons. The number of likely N-dealkylation sites (N-methyl/N-ethyl adjacent to an activating group) is 1. The number of nitrogens with zero attached hydrogens (tertiary/aromatic N) is 2. The number of hydrogen-bond donors (Lipinski definition) is 3. The maximum Gasteiger partial charge on any atom is 0.255 e. The topological polar surface area (TPSA) is 102 Å². The summed E-state index contributed by atoms with van der Waals surface area (Å²) in [4.78, 5) is 23.4. The van der Waals surface area contributed by atoms with E-state index in [4.69, 9.17) is 5.73 Å². The number of aryl methyl sites for hydroxylation is 1. The highest BCUT2D eigenvalue weighted by Gasteiger charge is 2.09. The maximum absolute atomic E-state index is 12.1. The molecule has 0 unspecified atom stereocenters. The molecule has 7 heteroatoms. The molecule has 1 heterocycles. The minimum Gasteiger partial charge on any atom is -0.399 e. The molecule has 0 saturated heterocycles. The van der Waals surface area contributed by atoms with Crippen LogP contribution in [0.3, 0.4) is 0 Å². The Bertz CT molecular complexity index is 658. The minimum atomic E-state index is -0.273. The number of nitrogens with one attached hydrogen (secondary N) is 2. The molecule has 0 radical (unpaired) electrons. The number of aromatic nitrogens is 2. The molecule has 0 aliphatic carbocycles. The van der Waals surface area contributed by atoms with Crippen LogP contribution in [-0.2, 0) is 11.3 Å². The average molecular weight is 287 g/mol. The van der Waals surface area contributed by atoms with Gasteiger partial charge in [0.25, 0.3) is 5.91 Å². The van der Waals surface area contributed by atoms with E-state index in [1.807, 2.05) is 6.92 Å². The van der Waals surface area contributed by atoms with E-state index in [0.29, 0.717) is 16.9 Å². The third-order valence-electron chi connectivity index (χ3n) is 2.84. The van der Waals surface area contributed by atoms with Crippen LogP contribution >= 0.6 is 0 Å². The van der Waals surface area contributed by atoms with Crippen molar-refractivity contribution in [3.05, 3.63) is 41.7 Å². The second-order valence-corrected chi connectivity index (χ2v) is 4.69. The van der Waals surface area contributed by atoms with Gasteiger partial charge in [-0.25, -0.2) is 0 Å². The van der Waals surface area contributed by atoms with Crippen LogP contribution in [0.4, 0.5) is 11.4 Å². The van der Waals surface area contributed by atoms with E-state index < -0.39 is 0 Å². The van der Waals surface area contributed by atoms with Gasteiger partial charge in [-0.2, -0.15) is 5.10 Å². The first-order chi connectivity index (χ1) is 9.97. The first-order valence-corrected chi connectivity index (χ1v) is 6.39. The van der Waals surface area contributed by atoms with Crippen LogP contribution in [0.1, 0.15) is 15.9 Å². The molecule has 7 nitrogen and oxygen atoms in total. The Kier molecular flexibility index (Phi) is 4.22. The van der Waals surface area contributed by atoms with Crippen molar-refractivity contribution >= 4 is 23.2 Å². The van der Waals surface area contributed by atoms with Gasteiger partial charge in [-0.1, -0.05) is 0 Å². The molecule has 0 aliphatic heterocycles. The summed E-state index contributed by atoms with van der Waals surface area (Å²) >= 11 is 0. The van der Waals surface area contributed by atoms with Gasteiger partial charge in [0.05, 0.1) is 11.9 Å². The van der Waals surface area contributed by atoms with Gasteiger partial charge in [-0.3, -0.25) is 14.3 Å². The quantitative estimate of drug-likeness (QED) is 0.723. The number of nitrogen functional groups attached to an aromatic ring is 1. The second kappa shape index (κ2) is 6.08. The van der Waals surface area contributed by atoms with Gasteiger partial charge >= 0.3 is 0 Å². The number of carbonyl (C=O) groups is 2. The van der Waals surface area contributed by atoms with Gasteiger partial charge in [0.15, 0.2) is 0 Å². The van der Waals surface area contributed by atoms with E-state index in [-0.39, 0.29) is 18.4 Å². The smallest absolute Gasteiger partial charge is 0.255 e. The highest BCUT2D eigenvalue weighted by atomic mass is 16.2. The predicted molar refractivity (Wildman–Crippen MR) is 79.8 cm³/mol. The molecule has 1 aromatic heterocycles. The first kappa shape index (κ1) is 14.6. The van der Waals surface area contributed by atoms with Gasteiger partial charge in [-0.05, 0) is 30.7 Å². The largest absolute Gasteiger partial charge is 0.399 e. The Morgan fingerprint density at radius 2 is 2.10 bits per heavy atom. The van der Waals surface area contributed by atoms with Gasteiger partial charge < -0.3 is 16.4 Å². The molecule has 0 aliphatic rings. The van der Waals surface area contributed by atoms with Crippen molar-refractivity contribution in [3.63, 3.8) is 0 Å². The molecule has 0 fully saturated rings. The average Bonchev–Trinajstić information content (AvgIpc) is 2.84. The van der Waals surface area contributed by atoms with Gasteiger partial charge in [0.2, 0.25) is 5.91 Å². The zero-order valence-electron chi connectivity index (χ0n) is 11.9. The Balaban J connectivity index is 2.07. The summed E-state index contributed by atoms with van der Waals surface area (Å²) in [5.41, 5.74) is 8.17. The van der Waals surface area contributed by atoms with E-state index in [0.717, 1.165) is 5.56 Å². The van der Waals surface area contributed by atoms with Gasteiger partial charge in [0.1, 0.15) is 6.54 Å². The summed E-state index contributed by atoms with van der Waals surface area (Å²) in [6.45, 7) is 1.97. The minimum absolute atomic E-state index is 0.101. The first-order valence-electron chi connectivity index (χ1n) is 6.39. The van der Waals surface area contributed by atoms with Crippen molar-refractivity contribution in [2.75, 3.05) is 18.1 Å². The molecule has 21 heavy (non-hydrogen) atoms. The summed E-state index contributed by atoms with van der Waals surface area (Å²) in [6, 6.07) is 5.15. The summed E-state index contributed by atoms with van der Waals surface area (Å²) in [5, 5.41) is 9.22. The molecule has 2 rings (SSSR count). The normalized spacial score (nSPS) is 10.2. The highest BCUT2D eigenvalue weighted by molar-refractivity contribution is 6.04. The van der Waals surface area contributed by atoms with Gasteiger partial charge in [0, 0.05) is 24.5 Å². The van der Waals surface area contributed by atoms with Crippen LogP contribution in [0.2, 0.25) is 0 Å². The fraction of sp³-hybridized carbons (Fsp3) is 0.214. The zero-order chi connectivity index (χ0) is 15.4. The molecule has 0 spiro atoms. The number of rotatable bonds is 4. The molecule has 0 bridgehead atoms. The van der Waals surface area contributed by atoms with Crippen molar-refractivity contribution in [3.8, 4) is 0 Å². The molecule has 4 N–H and O–H groups in total. The summed E-state index contributed by atoms with van der Waals surface area (Å²) < 4.78 is 1.44. The fourth-order valence-corrected chi connectivity index (χ4v) is 1.89. The molecular weight excluding hydrogens is 270 g/mol. The Morgan fingerprint density at radius 1 is 1.33 bits per heavy atom. The fourth-order valence-electron chi connectivity index (χ4n) is 1.89. The summed E-state index contributed by atoms with van der Waals surface area (Å²) in [7, 11) is 1.55. The van der Waals surface area contributed by atoms with Crippen LogP contribution in [0.25, 0.3) is 0 Å². The lowest BCUT2D eigenvalue weighted by atomic mass is 10.1. The van der Waals surface area contributed by atoms with Crippen molar-refractivity contribution < 1.29 is 9.59 Å². The number of hydrogen-bond acceptors (Lipinski definition) is 4. The van der Waals surface area contributed by atoms with Crippen LogP contribution in [0, 0.1) is 6.92 Å². The summed E-state index contributed by atoms with van der Waals surface area (Å²) in [6.07, 6.45) is 3.08. The Hall–Kier alpha value is -2.83. The Labute approximate surface area is 122 Å². The molecule has 1 aromatic carbocycles. The maximum atomic E-state index is 12.1. The van der Waals surface area contributed by atoms with Gasteiger partial charge in [-0.15, -0.1) is 0 Å². The highest BCUT2D eigenvalue weighted by Crippen LogP contribution is 2.13. The predicted octanol–water partition coefficient (Wildman–Crippen LogP) is 0.772. The van der Waals surface area contributed by atoms with Crippen LogP contribution in [-0.4, -0.2) is 28.6 Å². The molecular formula is C14H17N5O2. The zero-order valence-corrected chi connectivity index (χ0v) is 11.9. The lowest BCUT2D eigenvalue weighted by molar-refractivity contribution is -0.121. The second-order valence-electron chi connectivity index (χ2n) is 4.69. The lowest BCUT2D eigenvalue weighted by Crippen LogP contribution is -2.23. The van der Waals surface area contributed by atoms with E-state index in [1.54, 1.807) is 31.4 Å². The molecule has 0 atom stereocenters.